The molecule has 4 aliphatic rings. The molecule has 3 atom stereocenters. The van der Waals surface area contributed by atoms with Crippen LogP contribution in [0.2, 0.25) is 0 Å². The van der Waals surface area contributed by atoms with Gasteiger partial charge in [0.1, 0.15) is 17.6 Å². The van der Waals surface area contributed by atoms with Crippen LogP contribution < -0.4 is 0 Å². The lowest BCUT2D eigenvalue weighted by Gasteiger charge is -2.41. The van der Waals surface area contributed by atoms with Gasteiger partial charge in [-0.15, -0.1) is 0 Å². The molecule has 3 saturated carbocycles. The third kappa shape index (κ3) is 4.51. The summed E-state index contributed by atoms with van der Waals surface area (Å²) in [5, 5.41) is 10.2. The zero-order valence-corrected chi connectivity index (χ0v) is 19.6. The van der Waals surface area contributed by atoms with E-state index in [2.05, 4.69) is 0 Å². The number of esters is 1. The van der Waals surface area contributed by atoms with Crippen LogP contribution in [0.1, 0.15) is 89.0 Å². The predicted molar refractivity (Wildman–Crippen MR) is 127 cm³/mol. The van der Waals surface area contributed by atoms with Gasteiger partial charge in [-0.05, 0) is 68.6 Å². The number of allylic oxidation sites excluding steroid dienone is 1. The number of phenolic OH excluding ortho intramolecular Hbond substituents is 1. The first-order valence-corrected chi connectivity index (χ1v) is 12.8. The molecule has 0 bridgehead atoms. The van der Waals surface area contributed by atoms with Crippen LogP contribution >= 0.6 is 0 Å². The van der Waals surface area contributed by atoms with Crippen molar-refractivity contribution in [1.82, 2.24) is 0 Å². The maximum Gasteiger partial charge on any atom is 0.336 e. The number of carbonyl (C=O) groups is 2. The highest BCUT2D eigenvalue weighted by atomic mass is 16.5. The number of hydrogen-bond donors (Lipinski definition) is 1. The third-order valence-electron chi connectivity index (χ3n) is 8.33. The molecule has 1 aromatic carbocycles. The Morgan fingerprint density at radius 1 is 0.970 bits per heavy atom. The van der Waals surface area contributed by atoms with E-state index in [1.54, 1.807) is 18.2 Å². The Morgan fingerprint density at radius 2 is 1.70 bits per heavy atom. The van der Waals surface area contributed by atoms with Crippen molar-refractivity contribution in [2.24, 2.45) is 22.7 Å². The Morgan fingerprint density at radius 3 is 2.42 bits per heavy atom. The van der Waals surface area contributed by atoms with Crippen molar-refractivity contribution < 1.29 is 19.4 Å². The Kier molecular flexibility index (Phi) is 6.40. The van der Waals surface area contributed by atoms with Gasteiger partial charge in [-0.1, -0.05) is 44.2 Å². The van der Waals surface area contributed by atoms with Crippen LogP contribution in [-0.2, 0) is 14.3 Å². The van der Waals surface area contributed by atoms with Crippen molar-refractivity contribution in [3.63, 3.8) is 0 Å². The summed E-state index contributed by atoms with van der Waals surface area (Å²) >= 11 is 0. The first-order valence-electron chi connectivity index (χ1n) is 12.8. The van der Waals surface area contributed by atoms with Gasteiger partial charge in [0, 0.05) is 23.7 Å². The molecule has 0 saturated heterocycles. The number of rotatable bonds is 4. The number of fused-ring (bicyclic) bond motifs is 1. The van der Waals surface area contributed by atoms with Crippen molar-refractivity contribution >= 4 is 17.5 Å². The fourth-order valence-corrected chi connectivity index (χ4v) is 6.71. The highest BCUT2D eigenvalue weighted by Crippen LogP contribution is 2.47. The number of phenols is 1. The predicted octanol–water partition coefficient (Wildman–Crippen LogP) is 5.87. The maximum absolute atomic E-state index is 13.7. The molecule has 0 aromatic heterocycles. The number of ether oxygens (including phenoxy) is 1. The zero-order valence-electron chi connectivity index (χ0n) is 19.6. The van der Waals surface area contributed by atoms with E-state index in [9.17, 15) is 14.7 Å². The van der Waals surface area contributed by atoms with Gasteiger partial charge in [-0.25, -0.2) is 4.79 Å². The van der Waals surface area contributed by atoms with E-state index in [0.717, 1.165) is 43.4 Å². The van der Waals surface area contributed by atoms with Crippen LogP contribution in [0.15, 0.2) is 40.5 Å². The molecule has 3 fully saturated rings. The summed E-state index contributed by atoms with van der Waals surface area (Å²) < 4.78 is 5.89. The fourth-order valence-electron chi connectivity index (χ4n) is 6.71. The minimum atomic E-state index is -0.446. The molecule has 5 heteroatoms. The number of nitrogens with zero attached hydrogens (tertiary/aromatic N) is 1. The number of aliphatic imine (C=N–C) groups is 1. The van der Waals surface area contributed by atoms with Gasteiger partial charge in [-0.2, -0.15) is 0 Å². The molecule has 1 heterocycles. The Balaban J connectivity index is 1.51. The summed E-state index contributed by atoms with van der Waals surface area (Å²) in [6, 6.07) is 6.99. The molecule has 0 radical (unpaired) electrons. The standard InChI is InChI=1S/C28H35NO4/c1-17-25(28(32)33-22-12-5-6-13-22)26(19-10-7-11-21(30)14-19)27-23(29-17)15-20(16-24(27)31)18-8-3-2-4-9-18/h7,10-11,14,18,20,22,26-27,30H,2-6,8-9,12-13,15-16H2,1H3. The Hall–Kier alpha value is -2.43. The molecule has 33 heavy (non-hydrogen) atoms. The van der Waals surface area contributed by atoms with E-state index in [1.165, 1.54) is 32.1 Å². The first kappa shape index (κ1) is 22.4. The summed E-state index contributed by atoms with van der Waals surface area (Å²) in [6.45, 7) is 1.87. The smallest absolute Gasteiger partial charge is 0.336 e. The summed E-state index contributed by atoms with van der Waals surface area (Å²) in [4.78, 5) is 31.9. The van der Waals surface area contributed by atoms with Crippen molar-refractivity contribution in [2.45, 2.75) is 89.6 Å². The van der Waals surface area contributed by atoms with Crippen LogP contribution in [0.4, 0.5) is 0 Å². The van der Waals surface area contributed by atoms with Crippen molar-refractivity contribution in [2.75, 3.05) is 0 Å². The van der Waals surface area contributed by atoms with E-state index >= 15 is 0 Å². The summed E-state index contributed by atoms with van der Waals surface area (Å²) in [6.07, 6.45) is 11.5. The molecule has 176 valence electrons. The second kappa shape index (κ2) is 9.44. The Bertz CT molecular complexity index is 981. The number of ketones is 1. The van der Waals surface area contributed by atoms with Crippen LogP contribution in [-0.4, -0.2) is 28.7 Å². The van der Waals surface area contributed by atoms with Crippen LogP contribution in [0, 0.1) is 17.8 Å². The van der Waals surface area contributed by atoms with Gasteiger partial charge < -0.3 is 9.84 Å². The minimum absolute atomic E-state index is 0.0502. The molecule has 1 aliphatic heterocycles. The van der Waals surface area contributed by atoms with Gasteiger partial charge in [0.15, 0.2) is 0 Å². The number of carbonyl (C=O) groups excluding carboxylic acids is 2. The monoisotopic (exact) mass is 449 g/mol. The quantitative estimate of drug-likeness (QED) is 0.584. The van der Waals surface area contributed by atoms with E-state index in [4.69, 9.17) is 9.73 Å². The molecular formula is C28H35NO4. The molecule has 0 amide bonds. The number of hydrogen-bond acceptors (Lipinski definition) is 5. The van der Waals surface area contributed by atoms with Crippen molar-refractivity contribution in [3.8, 4) is 5.75 Å². The lowest BCUT2D eigenvalue weighted by atomic mass is 9.63. The molecule has 3 unspecified atom stereocenters. The summed E-state index contributed by atoms with van der Waals surface area (Å²) in [7, 11) is 0. The molecular weight excluding hydrogens is 414 g/mol. The normalized spacial score (nSPS) is 29.1. The van der Waals surface area contributed by atoms with E-state index < -0.39 is 11.8 Å². The Labute approximate surface area is 196 Å². The van der Waals surface area contributed by atoms with Crippen LogP contribution in [0.25, 0.3) is 0 Å². The fraction of sp³-hybridized carbons (Fsp3) is 0.607. The van der Waals surface area contributed by atoms with E-state index in [1.807, 2.05) is 13.0 Å². The molecule has 1 N–H and O–H groups in total. The van der Waals surface area contributed by atoms with Crippen molar-refractivity contribution in [1.29, 1.82) is 0 Å². The van der Waals surface area contributed by atoms with Gasteiger partial charge in [0.2, 0.25) is 0 Å². The molecule has 5 rings (SSSR count). The maximum atomic E-state index is 13.7. The molecule has 1 aromatic rings. The van der Waals surface area contributed by atoms with E-state index in [-0.39, 0.29) is 23.6 Å². The molecule has 5 nitrogen and oxygen atoms in total. The molecule has 0 spiro atoms. The largest absolute Gasteiger partial charge is 0.508 e. The molecule has 3 aliphatic carbocycles. The van der Waals surface area contributed by atoms with Crippen molar-refractivity contribution in [3.05, 3.63) is 41.1 Å². The van der Waals surface area contributed by atoms with Gasteiger partial charge >= 0.3 is 5.97 Å². The average Bonchev–Trinajstić information content (AvgIpc) is 3.31. The first-order chi connectivity index (χ1) is 16.0. The average molecular weight is 450 g/mol. The lowest BCUT2D eigenvalue weighted by Crippen LogP contribution is -2.43. The van der Waals surface area contributed by atoms with Gasteiger partial charge in [-0.3, -0.25) is 9.79 Å². The van der Waals surface area contributed by atoms with E-state index in [0.29, 0.717) is 29.5 Å². The summed E-state index contributed by atoms with van der Waals surface area (Å²) in [5.74, 6) is 0.0437. The highest BCUT2D eigenvalue weighted by Gasteiger charge is 2.47. The van der Waals surface area contributed by atoms with Crippen LogP contribution in [0.5, 0.6) is 5.75 Å². The lowest BCUT2D eigenvalue weighted by molar-refractivity contribution is -0.144. The highest BCUT2D eigenvalue weighted by molar-refractivity contribution is 6.11. The second-order valence-corrected chi connectivity index (χ2v) is 10.5. The number of benzene rings is 1. The number of Topliss-reactive ketones (excluding diaryl/α,β-unsaturated/α-hetero) is 1. The van der Waals surface area contributed by atoms with Gasteiger partial charge in [0.05, 0.1) is 11.5 Å². The topological polar surface area (TPSA) is 76.0 Å². The second-order valence-electron chi connectivity index (χ2n) is 10.5. The zero-order chi connectivity index (χ0) is 22.9. The third-order valence-corrected chi connectivity index (χ3v) is 8.33. The van der Waals surface area contributed by atoms with Crippen LogP contribution in [0.3, 0.4) is 0 Å². The SMILES string of the molecule is CC1=C(C(=O)OC2CCCC2)C(c2cccc(O)c2)C2C(=O)CC(C3CCCCC3)CC2=N1. The van der Waals surface area contributed by atoms with Gasteiger partial charge in [0.25, 0.3) is 0 Å². The summed E-state index contributed by atoms with van der Waals surface area (Å²) in [5.41, 5.74) is 2.86. The number of aromatic hydroxyl groups is 1. The minimum Gasteiger partial charge on any atom is -0.508 e.